The number of esters is 1. The van der Waals surface area contributed by atoms with E-state index in [4.69, 9.17) is 11.6 Å². The van der Waals surface area contributed by atoms with E-state index in [1.54, 1.807) is 0 Å². The van der Waals surface area contributed by atoms with Crippen LogP contribution in [0.15, 0.2) is 10.9 Å². The van der Waals surface area contributed by atoms with Crippen molar-refractivity contribution in [1.29, 1.82) is 0 Å². The molecule has 0 aliphatic rings. The normalized spacial score (nSPS) is 10.6. The second kappa shape index (κ2) is 5.77. The molecule has 1 N–H and O–H groups in total. The first kappa shape index (κ1) is 13.6. The highest BCUT2D eigenvalue weighted by molar-refractivity contribution is 6.17. The van der Waals surface area contributed by atoms with E-state index in [0.29, 0.717) is 0 Å². The van der Waals surface area contributed by atoms with E-state index in [-0.39, 0.29) is 18.2 Å². The van der Waals surface area contributed by atoms with Gasteiger partial charge in [0.15, 0.2) is 0 Å². The first-order chi connectivity index (χ1) is 8.01. The minimum atomic E-state index is -2.92. The van der Waals surface area contributed by atoms with Crippen LogP contribution in [0.5, 0.6) is 0 Å². The van der Waals surface area contributed by atoms with Crippen LogP contribution >= 0.6 is 11.6 Å². The lowest BCUT2D eigenvalue weighted by Crippen LogP contribution is -2.18. The van der Waals surface area contributed by atoms with Crippen molar-refractivity contribution in [3.05, 3.63) is 33.2 Å². The predicted molar refractivity (Wildman–Crippen MR) is 57.5 cm³/mol. The largest absolute Gasteiger partial charge is 0.462 e. The fourth-order valence-corrected chi connectivity index (χ4v) is 1.57. The molecule has 0 saturated carbocycles. The molecule has 0 amide bonds. The summed E-state index contributed by atoms with van der Waals surface area (Å²) in [6.07, 6.45) is -2.92. The van der Waals surface area contributed by atoms with Crippen molar-refractivity contribution < 1.29 is 18.3 Å². The van der Waals surface area contributed by atoms with E-state index in [9.17, 15) is 18.4 Å². The number of aromatic amines is 1. The molecular weight excluding hydrogens is 256 g/mol. The summed E-state index contributed by atoms with van der Waals surface area (Å²) in [5.74, 6) is -1.28. The second-order valence-electron chi connectivity index (χ2n) is 3.09. The summed E-state index contributed by atoms with van der Waals surface area (Å²) in [5.41, 5.74) is -1.87. The molecule has 0 aliphatic carbocycles. The Balaban J connectivity index is 3.40. The predicted octanol–water partition coefficient (Wildman–Crippen LogP) is 2.23. The molecule has 0 saturated heterocycles. The fourth-order valence-electron chi connectivity index (χ4n) is 1.36. The van der Waals surface area contributed by atoms with Gasteiger partial charge in [-0.25, -0.2) is 13.6 Å². The van der Waals surface area contributed by atoms with E-state index in [1.807, 2.05) is 0 Å². The summed E-state index contributed by atoms with van der Waals surface area (Å²) in [5, 5.41) is 0. The molecular formula is C10H10ClF2NO3. The number of halogens is 3. The van der Waals surface area contributed by atoms with E-state index < -0.39 is 29.1 Å². The van der Waals surface area contributed by atoms with Crippen molar-refractivity contribution in [2.45, 2.75) is 19.2 Å². The SMILES string of the molecule is CCOC(=O)c1cc(=O)[nH]c(CCl)c1C(F)F. The Morgan fingerprint density at radius 1 is 1.59 bits per heavy atom. The maximum absolute atomic E-state index is 12.8. The minimum absolute atomic E-state index is 0.0323. The number of rotatable bonds is 4. The number of carbonyl (C=O) groups is 1. The fraction of sp³-hybridized carbons (Fsp3) is 0.400. The summed E-state index contributed by atoms with van der Waals surface area (Å²) in [6.45, 7) is 1.57. The first-order valence-corrected chi connectivity index (χ1v) is 5.32. The van der Waals surface area contributed by atoms with Gasteiger partial charge in [-0.2, -0.15) is 0 Å². The van der Waals surface area contributed by atoms with Gasteiger partial charge in [0, 0.05) is 11.8 Å². The molecule has 0 fully saturated rings. The first-order valence-electron chi connectivity index (χ1n) is 4.78. The van der Waals surface area contributed by atoms with Crippen LogP contribution in [-0.4, -0.2) is 17.6 Å². The molecule has 0 radical (unpaired) electrons. The minimum Gasteiger partial charge on any atom is -0.462 e. The molecule has 1 aromatic rings. The third kappa shape index (κ3) is 3.03. The van der Waals surface area contributed by atoms with Crippen molar-refractivity contribution in [2.24, 2.45) is 0 Å². The highest BCUT2D eigenvalue weighted by Crippen LogP contribution is 2.26. The summed E-state index contributed by atoms with van der Waals surface area (Å²) in [4.78, 5) is 24.8. The Labute approximate surface area is 101 Å². The van der Waals surface area contributed by atoms with Crippen LogP contribution in [0.3, 0.4) is 0 Å². The van der Waals surface area contributed by atoms with Crippen LogP contribution in [0.25, 0.3) is 0 Å². The molecule has 1 heterocycles. The maximum atomic E-state index is 12.8. The van der Waals surface area contributed by atoms with Gasteiger partial charge in [0.2, 0.25) is 5.56 Å². The van der Waals surface area contributed by atoms with Crippen molar-refractivity contribution >= 4 is 17.6 Å². The van der Waals surface area contributed by atoms with Crippen LogP contribution in [0, 0.1) is 0 Å². The number of ether oxygens (including phenoxy) is 1. The molecule has 17 heavy (non-hydrogen) atoms. The zero-order valence-electron chi connectivity index (χ0n) is 8.93. The zero-order chi connectivity index (χ0) is 13.0. The van der Waals surface area contributed by atoms with Gasteiger partial charge in [-0.15, -0.1) is 11.6 Å². The Hall–Kier alpha value is -1.43. The lowest BCUT2D eigenvalue weighted by molar-refractivity contribution is 0.0514. The third-order valence-corrected chi connectivity index (χ3v) is 2.28. The Bertz CT molecular complexity index is 473. The molecule has 7 heteroatoms. The van der Waals surface area contributed by atoms with Crippen LogP contribution in [0.4, 0.5) is 8.78 Å². The van der Waals surface area contributed by atoms with Gasteiger partial charge >= 0.3 is 5.97 Å². The summed E-state index contributed by atoms with van der Waals surface area (Å²) in [6, 6.07) is 0.787. The molecule has 0 unspecified atom stereocenters. The number of alkyl halides is 3. The van der Waals surface area contributed by atoms with Crippen LogP contribution in [0.1, 0.15) is 35.0 Å². The molecule has 0 aromatic carbocycles. The standard InChI is InChI=1S/C10H10ClF2NO3/c1-2-17-10(16)5-3-7(15)14-6(4-11)8(5)9(12)13/h3,9H,2,4H2,1H3,(H,14,15). The number of H-pyrrole nitrogens is 1. The summed E-state index contributed by atoms with van der Waals surface area (Å²) >= 11 is 5.45. The highest BCUT2D eigenvalue weighted by atomic mass is 35.5. The monoisotopic (exact) mass is 265 g/mol. The third-order valence-electron chi connectivity index (χ3n) is 2.01. The summed E-state index contributed by atoms with van der Waals surface area (Å²) in [7, 11) is 0. The van der Waals surface area contributed by atoms with Crippen molar-refractivity contribution in [2.75, 3.05) is 6.61 Å². The van der Waals surface area contributed by atoms with E-state index in [0.717, 1.165) is 6.07 Å². The van der Waals surface area contributed by atoms with Gasteiger partial charge in [-0.1, -0.05) is 0 Å². The number of pyridine rings is 1. The molecule has 94 valence electrons. The van der Waals surface area contributed by atoms with Gasteiger partial charge < -0.3 is 9.72 Å². The van der Waals surface area contributed by atoms with E-state index >= 15 is 0 Å². The highest BCUT2D eigenvalue weighted by Gasteiger charge is 2.24. The molecule has 0 aliphatic heterocycles. The van der Waals surface area contributed by atoms with Crippen LogP contribution < -0.4 is 5.56 Å². The summed E-state index contributed by atoms with van der Waals surface area (Å²) < 4.78 is 30.2. The lowest BCUT2D eigenvalue weighted by Gasteiger charge is -2.11. The number of hydrogen-bond acceptors (Lipinski definition) is 3. The van der Waals surface area contributed by atoms with E-state index in [1.165, 1.54) is 6.92 Å². The zero-order valence-corrected chi connectivity index (χ0v) is 9.68. The van der Waals surface area contributed by atoms with Gasteiger partial charge in [-0.05, 0) is 6.92 Å². The van der Waals surface area contributed by atoms with Crippen molar-refractivity contribution in [3.8, 4) is 0 Å². The second-order valence-corrected chi connectivity index (χ2v) is 3.36. The molecule has 0 spiro atoms. The Kier molecular flexibility index (Phi) is 4.62. The average Bonchev–Trinajstić information content (AvgIpc) is 2.27. The molecule has 0 bridgehead atoms. The number of aromatic nitrogens is 1. The van der Waals surface area contributed by atoms with Gasteiger partial charge in [-0.3, -0.25) is 4.79 Å². The maximum Gasteiger partial charge on any atom is 0.338 e. The van der Waals surface area contributed by atoms with Crippen LogP contribution in [-0.2, 0) is 10.6 Å². The Morgan fingerprint density at radius 2 is 2.24 bits per heavy atom. The average molecular weight is 266 g/mol. The van der Waals surface area contributed by atoms with Gasteiger partial charge in [0.25, 0.3) is 6.43 Å². The smallest absolute Gasteiger partial charge is 0.338 e. The van der Waals surface area contributed by atoms with Crippen LogP contribution in [0.2, 0.25) is 0 Å². The molecule has 1 rings (SSSR count). The van der Waals surface area contributed by atoms with Crippen molar-refractivity contribution in [3.63, 3.8) is 0 Å². The van der Waals surface area contributed by atoms with Gasteiger partial charge in [0.1, 0.15) is 0 Å². The topological polar surface area (TPSA) is 59.2 Å². The van der Waals surface area contributed by atoms with E-state index in [2.05, 4.69) is 9.72 Å². The molecule has 0 atom stereocenters. The number of carbonyl (C=O) groups excluding carboxylic acids is 1. The lowest BCUT2D eigenvalue weighted by atomic mass is 10.1. The number of hydrogen-bond donors (Lipinski definition) is 1. The molecule has 4 nitrogen and oxygen atoms in total. The van der Waals surface area contributed by atoms with Crippen molar-refractivity contribution in [1.82, 2.24) is 4.98 Å². The Morgan fingerprint density at radius 3 is 2.71 bits per heavy atom. The quantitative estimate of drug-likeness (QED) is 0.671. The number of nitrogens with one attached hydrogen (secondary N) is 1. The van der Waals surface area contributed by atoms with Gasteiger partial charge in [0.05, 0.1) is 23.6 Å². The molecule has 1 aromatic heterocycles.